The number of ether oxygens (including phenoxy) is 2. The van der Waals surface area contributed by atoms with Gasteiger partial charge in [-0.3, -0.25) is 4.79 Å². The zero-order valence-electron chi connectivity index (χ0n) is 18.1. The third-order valence-electron chi connectivity index (χ3n) is 5.31. The third-order valence-corrected chi connectivity index (χ3v) is 5.31. The summed E-state index contributed by atoms with van der Waals surface area (Å²) in [5, 5.41) is 1.07. The number of halogens is 1. The normalized spacial score (nSPS) is 10.9. The van der Waals surface area contributed by atoms with Gasteiger partial charge in [0.1, 0.15) is 17.3 Å². The molecule has 0 aliphatic carbocycles. The van der Waals surface area contributed by atoms with Crippen LogP contribution in [0.5, 0.6) is 11.5 Å². The molecule has 32 heavy (non-hydrogen) atoms. The summed E-state index contributed by atoms with van der Waals surface area (Å²) in [6.45, 7) is 3.16. The lowest BCUT2D eigenvalue weighted by Crippen LogP contribution is -2.08. The van der Waals surface area contributed by atoms with Crippen LogP contribution in [0.25, 0.3) is 10.9 Å². The van der Waals surface area contributed by atoms with Gasteiger partial charge in [-0.2, -0.15) is 0 Å². The van der Waals surface area contributed by atoms with Gasteiger partial charge in [0.25, 0.3) is 0 Å². The molecule has 0 amide bonds. The van der Waals surface area contributed by atoms with Crippen molar-refractivity contribution in [3.8, 4) is 11.5 Å². The van der Waals surface area contributed by atoms with Crippen LogP contribution in [-0.4, -0.2) is 24.0 Å². The number of nitrogens with one attached hydrogen (secondary N) is 1. The van der Waals surface area contributed by atoms with Gasteiger partial charge in [-0.25, -0.2) is 4.39 Å². The van der Waals surface area contributed by atoms with Crippen LogP contribution in [0, 0.1) is 5.82 Å². The molecule has 164 valence electrons. The van der Waals surface area contributed by atoms with Gasteiger partial charge in [0.15, 0.2) is 5.78 Å². The van der Waals surface area contributed by atoms with E-state index in [4.69, 9.17) is 9.47 Å². The van der Waals surface area contributed by atoms with Crippen molar-refractivity contribution in [3.63, 3.8) is 0 Å². The van der Waals surface area contributed by atoms with Gasteiger partial charge in [0.05, 0.1) is 13.2 Å². The quantitative estimate of drug-likeness (QED) is 0.235. The van der Waals surface area contributed by atoms with Crippen LogP contribution in [0.1, 0.15) is 41.3 Å². The first-order valence-electron chi connectivity index (χ1n) is 10.9. The van der Waals surface area contributed by atoms with Crippen LogP contribution in [-0.2, 0) is 6.42 Å². The molecule has 0 aliphatic rings. The molecule has 0 aliphatic heterocycles. The Bertz CT molecular complexity index is 1200. The molecule has 0 atom stereocenters. The molecule has 3 aromatic carbocycles. The maximum absolute atomic E-state index is 13.2. The number of carbonyl (C=O) groups excluding carboxylic acids is 1. The molecule has 0 saturated carbocycles. The van der Waals surface area contributed by atoms with Gasteiger partial charge >= 0.3 is 0 Å². The van der Waals surface area contributed by atoms with Crippen LogP contribution in [0.3, 0.4) is 0 Å². The van der Waals surface area contributed by atoms with Gasteiger partial charge in [-0.15, -0.1) is 0 Å². The number of aromatic nitrogens is 1. The predicted molar refractivity (Wildman–Crippen MR) is 124 cm³/mol. The molecular weight excluding hydrogens is 405 g/mol. The number of carbonyl (C=O) groups is 1. The van der Waals surface area contributed by atoms with Crippen molar-refractivity contribution in [2.75, 3.05) is 13.2 Å². The predicted octanol–water partition coefficient (Wildman–Crippen LogP) is 6.34. The van der Waals surface area contributed by atoms with E-state index in [1.165, 1.54) is 24.3 Å². The summed E-state index contributed by atoms with van der Waals surface area (Å²) < 4.78 is 25.1. The largest absolute Gasteiger partial charge is 0.493 e. The Balaban J connectivity index is 1.36. The number of aryl methyl sites for hydroxylation is 1. The summed E-state index contributed by atoms with van der Waals surface area (Å²) in [7, 11) is 0. The molecule has 0 fully saturated rings. The Morgan fingerprint density at radius 3 is 2.44 bits per heavy atom. The number of ketones is 1. The van der Waals surface area contributed by atoms with Crippen molar-refractivity contribution in [2.45, 2.75) is 26.2 Å². The Labute approximate surface area is 187 Å². The summed E-state index contributed by atoms with van der Waals surface area (Å²) in [4.78, 5) is 15.9. The lowest BCUT2D eigenvalue weighted by atomic mass is 9.99. The average molecular weight is 432 g/mol. The summed E-state index contributed by atoms with van der Waals surface area (Å²) in [5.74, 6) is 1.17. The molecule has 1 heterocycles. The monoisotopic (exact) mass is 431 g/mol. The fourth-order valence-electron chi connectivity index (χ4n) is 3.70. The smallest absolute Gasteiger partial charge is 0.193 e. The number of hydrogen-bond acceptors (Lipinski definition) is 3. The van der Waals surface area contributed by atoms with E-state index in [2.05, 4.69) is 11.9 Å². The van der Waals surface area contributed by atoms with Gasteiger partial charge < -0.3 is 14.5 Å². The molecule has 0 radical (unpaired) electrons. The Morgan fingerprint density at radius 2 is 1.66 bits per heavy atom. The molecule has 0 saturated heterocycles. The minimum absolute atomic E-state index is 0.124. The van der Waals surface area contributed by atoms with E-state index in [-0.39, 0.29) is 11.6 Å². The van der Waals surface area contributed by atoms with Crippen molar-refractivity contribution in [3.05, 3.63) is 95.4 Å². The number of fused-ring (bicyclic) bond motifs is 1. The Hall–Kier alpha value is -3.60. The van der Waals surface area contributed by atoms with Gasteiger partial charge in [-0.1, -0.05) is 19.4 Å². The first kappa shape index (κ1) is 21.6. The van der Waals surface area contributed by atoms with Gasteiger partial charge in [-0.05, 0) is 72.6 Å². The van der Waals surface area contributed by atoms with Crippen molar-refractivity contribution in [1.29, 1.82) is 0 Å². The zero-order chi connectivity index (χ0) is 22.3. The van der Waals surface area contributed by atoms with Crippen molar-refractivity contribution < 1.29 is 18.7 Å². The van der Waals surface area contributed by atoms with E-state index in [9.17, 15) is 9.18 Å². The second kappa shape index (κ2) is 10.1. The van der Waals surface area contributed by atoms with E-state index >= 15 is 0 Å². The number of benzene rings is 3. The maximum atomic E-state index is 13.2. The second-order valence-electron chi connectivity index (χ2n) is 7.65. The molecule has 0 bridgehead atoms. The van der Waals surface area contributed by atoms with Crippen LogP contribution < -0.4 is 9.47 Å². The van der Waals surface area contributed by atoms with Crippen molar-refractivity contribution in [1.82, 2.24) is 4.98 Å². The molecule has 0 unspecified atom stereocenters. The topological polar surface area (TPSA) is 51.3 Å². The summed E-state index contributed by atoms with van der Waals surface area (Å²) in [5.41, 5.74) is 3.10. The van der Waals surface area contributed by atoms with Crippen molar-refractivity contribution >= 4 is 16.7 Å². The van der Waals surface area contributed by atoms with E-state index in [0.29, 0.717) is 24.3 Å². The van der Waals surface area contributed by atoms with E-state index in [0.717, 1.165) is 47.2 Å². The number of hydrogen-bond donors (Lipinski definition) is 1. The highest BCUT2D eigenvalue weighted by Crippen LogP contribution is 2.26. The molecule has 0 spiro atoms. The molecule has 1 N–H and O–H groups in total. The van der Waals surface area contributed by atoms with Crippen LogP contribution in [0.2, 0.25) is 0 Å². The number of rotatable bonds is 10. The third kappa shape index (κ3) is 4.99. The molecule has 5 heteroatoms. The van der Waals surface area contributed by atoms with Gasteiger partial charge in [0.2, 0.25) is 0 Å². The standard InChI is InChI=1S/C27H26FNO3/c1-2-5-20-18-21(27(30)19-8-11-22(28)12-9-19)10-13-25(20)31-16-4-17-32-26-7-3-6-24-23(26)14-15-29-24/h3,6-15,18,29H,2,4-5,16-17H2,1H3. The fraction of sp³-hybridized carbons (Fsp3) is 0.222. The number of aromatic amines is 1. The highest BCUT2D eigenvalue weighted by molar-refractivity contribution is 6.09. The highest BCUT2D eigenvalue weighted by Gasteiger charge is 2.13. The minimum atomic E-state index is -0.356. The SMILES string of the molecule is CCCc1cc(C(=O)c2ccc(F)cc2)ccc1OCCCOc1cccc2[nH]ccc12. The summed E-state index contributed by atoms with van der Waals surface area (Å²) in [6.07, 6.45) is 4.39. The molecule has 1 aromatic heterocycles. The summed E-state index contributed by atoms with van der Waals surface area (Å²) in [6, 6.07) is 19.1. The van der Waals surface area contributed by atoms with E-state index in [1.54, 1.807) is 6.07 Å². The first-order chi connectivity index (χ1) is 15.7. The lowest BCUT2D eigenvalue weighted by Gasteiger charge is -2.13. The maximum Gasteiger partial charge on any atom is 0.193 e. The first-order valence-corrected chi connectivity index (χ1v) is 10.9. The average Bonchev–Trinajstić information content (AvgIpc) is 3.30. The van der Waals surface area contributed by atoms with E-state index < -0.39 is 0 Å². The van der Waals surface area contributed by atoms with E-state index in [1.807, 2.05) is 42.6 Å². The lowest BCUT2D eigenvalue weighted by molar-refractivity contribution is 0.103. The van der Waals surface area contributed by atoms with Crippen molar-refractivity contribution in [2.24, 2.45) is 0 Å². The number of H-pyrrole nitrogens is 1. The molecule has 4 nitrogen and oxygen atoms in total. The molecule has 4 rings (SSSR count). The van der Waals surface area contributed by atoms with Crippen LogP contribution >= 0.6 is 0 Å². The van der Waals surface area contributed by atoms with Gasteiger partial charge in [0, 0.05) is 34.6 Å². The Morgan fingerprint density at radius 1 is 0.906 bits per heavy atom. The van der Waals surface area contributed by atoms with Crippen LogP contribution in [0.4, 0.5) is 4.39 Å². The van der Waals surface area contributed by atoms with Crippen LogP contribution in [0.15, 0.2) is 72.9 Å². The Kier molecular flexibility index (Phi) is 6.85. The molecular formula is C27H26FNO3. The second-order valence-corrected chi connectivity index (χ2v) is 7.65. The molecule has 4 aromatic rings. The summed E-state index contributed by atoms with van der Waals surface area (Å²) >= 11 is 0. The zero-order valence-corrected chi connectivity index (χ0v) is 18.1. The fourth-order valence-corrected chi connectivity index (χ4v) is 3.70. The minimum Gasteiger partial charge on any atom is -0.493 e. The highest BCUT2D eigenvalue weighted by atomic mass is 19.1.